The highest BCUT2D eigenvalue weighted by Gasteiger charge is 2.04. The maximum absolute atomic E-state index is 5.68. The highest BCUT2D eigenvalue weighted by Crippen LogP contribution is 2.04. The van der Waals surface area contributed by atoms with Crippen LogP contribution in [0.25, 0.3) is 0 Å². The van der Waals surface area contributed by atoms with E-state index in [0.717, 1.165) is 18.7 Å². The van der Waals surface area contributed by atoms with Gasteiger partial charge in [-0.25, -0.2) is 0 Å². The summed E-state index contributed by atoms with van der Waals surface area (Å²) >= 11 is 0. The molecule has 3 nitrogen and oxygen atoms in total. The molecule has 0 bridgehead atoms. The number of aryl methyl sites for hydroxylation is 2. The fraction of sp³-hybridized carbons (Fsp3) is 0.667. The molecule has 0 radical (unpaired) electrons. The third kappa shape index (κ3) is 2.08. The molecule has 1 heterocycles. The lowest BCUT2D eigenvalue weighted by Gasteiger charge is -2.00. The molecule has 0 saturated heterocycles. The van der Waals surface area contributed by atoms with Gasteiger partial charge in [0.2, 0.25) is 0 Å². The second kappa shape index (κ2) is 3.72. The van der Waals surface area contributed by atoms with E-state index in [9.17, 15) is 0 Å². The molecule has 0 spiro atoms. The standard InChI is InChI=1S/C9H17N3/c1-4-12-8(3)6-9(11-12)5-7(2)10/h6-7H,4-5,10H2,1-3H3. The minimum absolute atomic E-state index is 0.199. The fourth-order valence-electron chi connectivity index (χ4n) is 1.33. The summed E-state index contributed by atoms with van der Waals surface area (Å²) in [7, 11) is 0. The zero-order valence-corrected chi connectivity index (χ0v) is 8.04. The maximum atomic E-state index is 5.68. The number of rotatable bonds is 3. The van der Waals surface area contributed by atoms with Gasteiger partial charge in [-0.05, 0) is 26.8 Å². The van der Waals surface area contributed by atoms with Gasteiger partial charge in [0.15, 0.2) is 0 Å². The Morgan fingerprint density at radius 3 is 2.75 bits per heavy atom. The average Bonchev–Trinajstić information content (AvgIpc) is 2.29. The Morgan fingerprint density at radius 2 is 2.33 bits per heavy atom. The average molecular weight is 167 g/mol. The summed E-state index contributed by atoms with van der Waals surface area (Å²) in [4.78, 5) is 0. The van der Waals surface area contributed by atoms with Crippen molar-refractivity contribution in [1.82, 2.24) is 9.78 Å². The molecule has 1 atom stereocenters. The van der Waals surface area contributed by atoms with Gasteiger partial charge in [-0.1, -0.05) is 0 Å². The lowest BCUT2D eigenvalue weighted by molar-refractivity contribution is 0.617. The molecule has 3 heteroatoms. The zero-order valence-electron chi connectivity index (χ0n) is 8.04. The van der Waals surface area contributed by atoms with Crippen LogP contribution in [0, 0.1) is 6.92 Å². The van der Waals surface area contributed by atoms with Gasteiger partial charge >= 0.3 is 0 Å². The van der Waals surface area contributed by atoms with Gasteiger partial charge in [0.25, 0.3) is 0 Å². The van der Waals surface area contributed by atoms with Gasteiger partial charge in [0.1, 0.15) is 0 Å². The first kappa shape index (κ1) is 9.26. The molecule has 2 N–H and O–H groups in total. The summed E-state index contributed by atoms with van der Waals surface area (Å²) in [6, 6.07) is 2.30. The molecule has 0 aliphatic rings. The van der Waals surface area contributed by atoms with Crippen molar-refractivity contribution < 1.29 is 0 Å². The third-order valence-corrected chi connectivity index (χ3v) is 1.86. The van der Waals surface area contributed by atoms with Crippen LogP contribution in [0.15, 0.2) is 6.07 Å². The van der Waals surface area contributed by atoms with E-state index in [1.807, 2.05) is 11.6 Å². The topological polar surface area (TPSA) is 43.8 Å². The van der Waals surface area contributed by atoms with Crippen molar-refractivity contribution in [3.05, 3.63) is 17.5 Å². The minimum Gasteiger partial charge on any atom is -0.328 e. The number of hydrogen-bond acceptors (Lipinski definition) is 2. The van der Waals surface area contributed by atoms with E-state index in [1.165, 1.54) is 5.69 Å². The molecular weight excluding hydrogens is 150 g/mol. The van der Waals surface area contributed by atoms with Crippen LogP contribution < -0.4 is 5.73 Å². The van der Waals surface area contributed by atoms with E-state index < -0.39 is 0 Å². The van der Waals surface area contributed by atoms with Gasteiger partial charge < -0.3 is 5.73 Å². The Morgan fingerprint density at radius 1 is 1.67 bits per heavy atom. The first-order valence-corrected chi connectivity index (χ1v) is 4.42. The Labute approximate surface area is 73.6 Å². The molecule has 1 rings (SSSR count). The number of hydrogen-bond donors (Lipinski definition) is 1. The minimum atomic E-state index is 0.199. The van der Waals surface area contributed by atoms with Gasteiger partial charge in [-0.2, -0.15) is 5.10 Å². The molecule has 0 amide bonds. The summed E-state index contributed by atoms with van der Waals surface area (Å²) in [5.41, 5.74) is 7.99. The SMILES string of the molecule is CCn1nc(CC(C)N)cc1C. The van der Waals surface area contributed by atoms with Crippen molar-refractivity contribution >= 4 is 0 Å². The second-order valence-electron chi connectivity index (χ2n) is 3.27. The summed E-state index contributed by atoms with van der Waals surface area (Å²) in [6.07, 6.45) is 0.869. The van der Waals surface area contributed by atoms with E-state index >= 15 is 0 Å². The first-order chi connectivity index (χ1) is 5.63. The number of nitrogens with two attached hydrogens (primary N) is 1. The van der Waals surface area contributed by atoms with Gasteiger partial charge in [-0.3, -0.25) is 4.68 Å². The summed E-state index contributed by atoms with van der Waals surface area (Å²) < 4.78 is 2.00. The molecule has 12 heavy (non-hydrogen) atoms. The van der Waals surface area contributed by atoms with Crippen LogP contribution in [0.5, 0.6) is 0 Å². The zero-order chi connectivity index (χ0) is 9.14. The highest BCUT2D eigenvalue weighted by molar-refractivity contribution is 5.09. The van der Waals surface area contributed by atoms with Crippen LogP contribution in [0.2, 0.25) is 0 Å². The van der Waals surface area contributed by atoms with Crippen molar-refractivity contribution in [1.29, 1.82) is 0 Å². The Balaban J connectivity index is 2.75. The van der Waals surface area contributed by atoms with E-state index in [1.54, 1.807) is 0 Å². The summed E-state index contributed by atoms with van der Waals surface area (Å²) in [5, 5.41) is 4.41. The molecule has 0 fully saturated rings. The lowest BCUT2D eigenvalue weighted by Crippen LogP contribution is -2.18. The van der Waals surface area contributed by atoms with Gasteiger partial charge in [0.05, 0.1) is 5.69 Å². The van der Waals surface area contributed by atoms with Crippen LogP contribution in [0.3, 0.4) is 0 Å². The van der Waals surface area contributed by atoms with Crippen LogP contribution in [-0.4, -0.2) is 15.8 Å². The number of nitrogens with zero attached hydrogens (tertiary/aromatic N) is 2. The quantitative estimate of drug-likeness (QED) is 0.732. The Bertz CT molecular complexity index is 250. The van der Waals surface area contributed by atoms with E-state index in [0.29, 0.717) is 0 Å². The van der Waals surface area contributed by atoms with Crippen molar-refractivity contribution in [3.63, 3.8) is 0 Å². The maximum Gasteiger partial charge on any atom is 0.0642 e. The Kier molecular flexibility index (Phi) is 2.87. The molecule has 1 aromatic rings. The molecule has 1 aromatic heterocycles. The van der Waals surface area contributed by atoms with Crippen LogP contribution in [0.4, 0.5) is 0 Å². The molecule has 68 valence electrons. The van der Waals surface area contributed by atoms with Crippen LogP contribution in [0.1, 0.15) is 25.2 Å². The van der Waals surface area contributed by atoms with Crippen molar-refractivity contribution in [2.24, 2.45) is 5.73 Å². The normalized spacial score (nSPS) is 13.3. The summed E-state index contributed by atoms with van der Waals surface area (Å²) in [6.45, 7) is 7.10. The van der Waals surface area contributed by atoms with E-state index in [4.69, 9.17) is 5.73 Å². The smallest absolute Gasteiger partial charge is 0.0642 e. The van der Waals surface area contributed by atoms with Crippen molar-refractivity contribution in [2.45, 2.75) is 39.8 Å². The van der Waals surface area contributed by atoms with Crippen LogP contribution >= 0.6 is 0 Å². The molecule has 0 aliphatic carbocycles. The first-order valence-electron chi connectivity index (χ1n) is 4.42. The predicted molar refractivity (Wildman–Crippen MR) is 50.0 cm³/mol. The molecule has 0 saturated carbocycles. The van der Waals surface area contributed by atoms with Gasteiger partial charge in [-0.15, -0.1) is 0 Å². The predicted octanol–water partition coefficient (Wildman–Crippen LogP) is 1.10. The molecule has 0 aromatic carbocycles. The fourth-order valence-corrected chi connectivity index (χ4v) is 1.33. The summed E-state index contributed by atoms with van der Waals surface area (Å²) in [5.74, 6) is 0. The van der Waals surface area contributed by atoms with Crippen LogP contribution in [-0.2, 0) is 13.0 Å². The lowest BCUT2D eigenvalue weighted by atomic mass is 10.2. The van der Waals surface area contributed by atoms with Crippen molar-refractivity contribution in [2.75, 3.05) is 0 Å². The third-order valence-electron chi connectivity index (χ3n) is 1.86. The van der Waals surface area contributed by atoms with Crippen molar-refractivity contribution in [3.8, 4) is 0 Å². The van der Waals surface area contributed by atoms with E-state index in [2.05, 4.69) is 25.0 Å². The second-order valence-corrected chi connectivity index (χ2v) is 3.27. The largest absolute Gasteiger partial charge is 0.328 e. The molecule has 0 aliphatic heterocycles. The number of aromatic nitrogens is 2. The molecule has 1 unspecified atom stereocenters. The highest BCUT2D eigenvalue weighted by atomic mass is 15.3. The van der Waals surface area contributed by atoms with E-state index in [-0.39, 0.29) is 6.04 Å². The molecular formula is C9H17N3. The van der Waals surface area contributed by atoms with Gasteiger partial charge in [0, 0.05) is 24.7 Å². The Hall–Kier alpha value is -0.830. The monoisotopic (exact) mass is 167 g/mol.